The van der Waals surface area contributed by atoms with E-state index in [2.05, 4.69) is 52.8 Å². The molecule has 0 saturated heterocycles. The third kappa shape index (κ3) is 25.5. The van der Waals surface area contributed by atoms with Gasteiger partial charge in [0.1, 0.15) is 48.3 Å². The Bertz CT molecular complexity index is 3040. The molecule has 1 aromatic heterocycles. The molecule has 3 rings (SSSR count). The number of primary amides is 3. The molecule has 0 aliphatic rings. The van der Waals surface area contributed by atoms with Gasteiger partial charge in [0.15, 0.2) is 6.04 Å². The lowest BCUT2D eigenvalue weighted by molar-refractivity contribution is -0.145. The van der Waals surface area contributed by atoms with Crippen LogP contribution in [0.15, 0.2) is 60.8 Å². The van der Waals surface area contributed by atoms with E-state index in [0.29, 0.717) is 22.0 Å². The molecule has 0 unspecified atom stereocenters. The number of hydrogen-bond donors (Lipinski definition) is 17. The molecule has 0 aliphatic heterocycles. The van der Waals surface area contributed by atoms with Gasteiger partial charge in [0.25, 0.3) is 0 Å². The van der Waals surface area contributed by atoms with Crippen molar-refractivity contribution in [3.63, 3.8) is 0 Å². The van der Waals surface area contributed by atoms with Crippen molar-refractivity contribution in [3.8, 4) is 0 Å². The van der Waals surface area contributed by atoms with Gasteiger partial charge >= 0.3 is 11.9 Å². The van der Waals surface area contributed by atoms with E-state index >= 15 is 0 Å². The van der Waals surface area contributed by atoms with Crippen LogP contribution in [0.1, 0.15) is 97.1 Å². The number of nitrogens with one attached hydrogen (secondary N) is 10. The Kier molecular flexibility index (Phi) is 30.8. The molecule has 0 fully saturated rings. The van der Waals surface area contributed by atoms with E-state index in [1.165, 1.54) is 25.6 Å². The lowest BCUT2D eigenvalue weighted by atomic mass is 9.99. The number of carboxylic acid groups (broad SMARTS) is 2. The quantitative estimate of drug-likeness (QED) is 0.0262. The molecule has 2 aromatic carbocycles. The summed E-state index contributed by atoms with van der Waals surface area (Å²) in [6.07, 6.45) is -2.21. The van der Waals surface area contributed by atoms with Crippen molar-refractivity contribution in [1.82, 2.24) is 52.8 Å². The van der Waals surface area contributed by atoms with Crippen molar-refractivity contribution in [1.29, 1.82) is 0 Å². The zero-order valence-corrected chi connectivity index (χ0v) is 51.6. The lowest BCUT2D eigenvalue weighted by Crippen LogP contribution is -2.61. The van der Waals surface area contributed by atoms with Gasteiger partial charge in [-0.2, -0.15) is 11.8 Å². The van der Waals surface area contributed by atoms with Gasteiger partial charge in [-0.25, -0.2) is 4.79 Å². The van der Waals surface area contributed by atoms with Crippen LogP contribution in [-0.2, 0) is 80.0 Å². The number of thioether (sulfide) groups is 1. The first-order valence-corrected chi connectivity index (χ1v) is 30.3. The number of aliphatic hydroxyl groups is 1. The molecule has 0 bridgehead atoms. The van der Waals surface area contributed by atoms with E-state index in [9.17, 15) is 82.4 Å². The number of nitrogens with two attached hydrogens (primary N) is 4. The summed E-state index contributed by atoms with van der Waals surface area (Å²) < 4.78 is 0. The maximum Gasteiger partial charge on any atom is 0.328 e. The Labute approximate surface area is 523 Å². The van der Waals surface area contributed by atoms with Crippen LogP contribution in [0.4, 0.5) is 0 Å². The van der Waals surface area contributed by atoms with Crippen LogP contribution in [0.3, 0.4) is 0 Å². The average molecular weight is 1280 g/mol. The second kappa shape index (κ2) is 37.0. The third-order valence-corrected chi connectivity index (χ3v) is 14.6. The number of aliphatic carboxylic acids is 2. The summed E-state index contributed by atoms with van der Waals surface area (Å²) >= 11 is 1.28. The molecule has 0 spiro atoms. The molecule has 11 atom stereocenters. The number of amides is 12. The number of carbonyl (C=O) groups is 14. The van der Waals surface area contributed by atoms with Crippen LogP contribution >= 0.6 is 11.8 Å². The van der Waals surface area contributed by atoms with Crippen molar-refractivity contribution in [2.45, 2.75) is 165 Å². The summed E-state index contributed by atoms with van der Waals surface area (Å²) in [5.74, 6) is -15.9. The number of benzene rings is 2. The zero-order valence-electron chi connectivity index (χ0n) is 50.8. The maximum atomic E-state index is 14.8. The normalized spacial score (nSPS) is 14.9. The van der Waals surface area contributed by atoms with Gasteiger partial charge in [0.2, 0.25) is 70.9 Å². The summed E-state index contributed by atoms with van der Waals surface area (Å²) in [5, 5.41) is 51.9. The molecule has 0 saturated carbocycles. The average Bonchev–Trinajstić information content (AvgIpc) is 1.85. The fourth-order valence-corrected chi connectivity index (χ4v) is 9.58. The molecule has 0 radical (unpaired) electrons. The second-order valence-electron chi connectivity index (χ2n) is 22.3. The van der Waals surface area contributed by atoms with E-state index in [0.717, 1.165) is 6.92 Å². The van der Waals surface area contributed by atoms with Crippen LogP contribution in [0, 0.1) is 11.8 Å². The summed E-state index contributed by atoms with van der Waals surface area (Å²) in [6, 6.07) is -0.798. The minimum absolute atomic E-state index is 0.0613. The number of aromatic nitrogens is 1. The third-order valence-electron chi connectivity index (χ3n) is 13.9. The Balaban J connectivity index is 2.02. The molecule has 0 aliphatic carbocycles. The van der Waals surface area contributed by atoms with E-state index in [1.54, 1.807) is 80.9 Å². The van der Waals surface area contributed by atoms with Crippen LogP contribution in [0.5, 0.6) is 0 Å². The van der Waals surface area contributed by atoms with Crippen LogP contribution in [0.25, 0.3) is 10.9 Å². The second-order valence-corrected chi connectivity index (χ2v) is 23.3. The number of rotatable bonds is 40. The highest BCUT2D eigenvalue weighted by molar-refractivity contribution is 7.98. The fraction of sp³-hybridized carbons (Fsp3) is 0.517. The van der Waals surface area contributed by atoms with Crippen LogP contribution in [-0.4, -0.2) is 182 Å². The monoisotopic (exact) mass is 1280 g/mol. The number of aromatic amines is 1. The topological polar surface area (TPSA) is 528 Å². The van der Waals surface area contributed by atoms with Crippen molar-refractivity contribution in [2.75, 3.05) is 12.0 Å². The first-order valence-electron chi connectivity index (χ1n) is 28.9. The number of carbonyl (C=O) groups excluding carboxylic acids is 12. The van der Waals surface area contributed by atoms with E-state index < -0.39 is 181 Å². The minimum atomic E-state index is -1.84. The van der Waals surface area contributed by atoms with Gasteiger partial charge in [-0.1, -0.05) is 76.2 Å². The Morgan fingerprint density at radius 1 is 0.500 bits per heavy atom. The highest BCUT2D eigenvalue weighted by Gasteiger charge is 2.38. The highest BCUT2D eigenvalue weighted by atomic mass is 32.2. The molecule has 21 N–H and O–H groups in total. The van der Waals surface area contributed by atoms with Gasteiger partial charge in [0.05, 0.1) is 25.0 Å². The zero-order chi connectivity index (χ0) is 67.5. The molecular weight excluding hydrogens is 1200 g/mol. The number of H-pyrrole nitrogens is 1. The molecule has 32 heteroatoms. The summed E-state index contributed by atoms with van der Waals surface area (Å²) in [6.45, 7) is 7.62. The fourth-order valence-electron chi connectivity index (χ4n) is 9.11. The van der Waals surface area contributed by atoms with E-state index in [-0.39, 0.29) is 50.2 Å². The number of para-hydroxylation sites is 1. The molecule has 12 amide bonds. The Hall–Kier alpha value is -9.17. The van der Waals surface area contributed by atoms with Crippen molar-refractivity contribution in [2.24, 2.45) is 34.8 Å². The smallest absolute Gasteiger partial charge is 0.328 e. The van der Waals surface area contributed by atoms with E-state index in [4.69, 9.17) is 22.9 Å². The largest absolute Gasteiger partial charge is 0.481 e. The standard InChI is InChI=1S/C58H84N14O17S/c1-28(2)22-38(52(82)64-37(20-21-90-6)51(81)70-41(25-45(62)76)56(86)72-48(30(5)73)58(88)89)67-53(83)40(24-32-27-63-35-15-11-10-14-33(32)35)69-50(80)36(17-19-44(61)75)65-57(87)47(29(3)4)71-55(85)39(23-31-12-8-7-9-13-31)68-54(84)42(26-46(77)78)66-49(79)34(59)16-18-43(60)74/h7-15,27-30,34,36-42,47-48,63,73H,16-26,59H2,1-6H3,(H2,60,74)(H2,61,75)(H2,62,76)(H,64,82)(H,65,87)(H,66,79)(H,67,83)(H,68,84)(H,69,80)(H,70,81)(H,71,85)(H,72,86)(H,77,78)(H,88,89)/t30-,34+,36+,37+,38+,39+,40+,41+,42+,47+,48+/m1/s1. The van der Waals surface area contributed by atoms with Gasteiger partial charge in [0, 0.05) is 42.8 Å². The van der Waals surface area contributed by atoms with Gasteiger partial charge in [-0.15, -0.1) is 0 Å². The number of carboxylic acids is 2. The predicted octanol–water partition coefficient (Wildman–Crippen LogP) is -3.55. The van der Waals surface area contributed by atoms with E-state index in [1.807, 2.05) is 0 Å². The summed E-state index contributed by atoms with van der Waals surface area (Å²) in [5.41, 5.74) is 23.6. The number of hydrogen-bond acceptors (Lipinski definition) is 17. The van der Waals surface area contributed by atoms with Crippen molar-refractivity contribution in [3.05, 3.63) is 71.9 Å². The molecule has 31 nitrogen and oxygen atoms in total. The molecule has 3 aromatic rings. The molecular formula is C58H84N14O17S. The number of aliphatic hydroxyl groups excluding tert-OH is 1. The first kappa shape index (κ1) is 75.1. The lowest BCUT2D eigenvalue weighted by Gasteiger charge is -2.29. The number of fused-ring (bicyclic) bond motifs is 1. The van der Waals surface area contributed by atoms with Crippen LogP contribution < -0.4 is 70.8 Å². The maximum absolute atomic E-state index is 14.8. The minimum Gasteiger partial charge on any atom is -0.481 e. The summed E-state index contributed by atoms with van der Waals surface area (Å²) in [7, 11) is 0. The van der Waals surface area contributed by atoms with Crippen molar-refractivity contribution >= 4 is 105 Å². The molecule has 90 heavy (non-hydrogen) atoms. The Morgan fingerprint density at radius 3 is 1.51 bits per heavy atom. The van der Waals surface area contributed by atoms with Gasteiger partial charge in [-0.05, 0) is 73.6 Å². The first-order chi connectivity index (χ1) is 42.3. The van der Waals surface area contributed by atoms with Crippen molar-refractivity contribution < 1.29 is 82.4 Å². The SMILES string of the molecule is CSCC[C@H](NC(=O)[C@H](CC(C)C)NC(=O)[C@H](Cc1c[nH]c2ccccc12)NC(=O)[C@H](CCC(N)=O)NC(=O)[C@@H](NC(=O)[C@H](Cc1ccccc1)NC(=O)[C@H](CC(=O)O)NC(=O)[C@@H](N)CCC(N)=O)C(C)C)C(=O)N[C@@H](CC(N)=O)C(=O)N[C@H](C(=O)O)[C@@H](C)O. The van der Waals surface area contributed by atoms with Gasteiger partial charge in [-0.3, -0.25) is 62.3 Å². The summed E-state index contributed by atoms with van der Waals surface area (Å²) in [4.78, 5) is 189. The highest BCUT2D eigenvalue weighted by Crippen LogP contribution is 2.20. The van der Waals surface area contributed by atoms with Crippen LogP contribution in [0.2, 0.25) is 0 Å². The molecule has 1 heterocycles. The van der Waals surface area contributed by atoms with Gasteiger partial charge < -0.3 is 91.1 Å². The predicted molar refractivity (Wildman–Crippen MR) is 327 cm³/mol. The Morgan fingerprint density at radius 2 is 0.956 bits per heavy atom. The molecule has 494 valence electrons.